The van der Waals surface area contributed by atoms with Gasteiger partial charge >= 0.3 is 0 Å². The van der Waals surface area contributed by atoms with Gasteiger partial charge in [0.25, 0.3) is 0 Å². The van der Waals surface area contributed by atoms with Crippen LogP contribution in [0.25, 0.3) is 44.2 Å². The van der Waals surface area contributed by atoms with E-state index in [1.807, 2.05) is 0 Å². The summed E-state index contributed by atoms with van der Waals surface area (Å²) in [6, 6.07) is 80.0. The third-order valence-corrected chi connectivity index (χ3v) is 13.5. The predicted octanol–water partition coefficient (Wildman–Crippen LogP) is 14.1. The van der Waals surface area contributed by atoms with Crippen LogP contribution in [0.3, 0.4) is 0 Å². The Morgan fingerprint density at radius 1 is 0.333 bits per heavy atom. The lowest BCUT2D eigenvalue weighted by Gasteiger charge is -2.34. The molecule has 1 fully saturated rings. The number of benzene rings is 9. The largest absolute Gasteiger partial charge is 0.0713 e. The second kappa shape index (κ2) is 12.4. The Morgan fingerprint density at radius 2 is 0.860 bits per heavy atom. The molecule has 1 saturated carbocycles. The first kappa shape index (κ1) is 32.5. The van der Waals surface area contributed by atoms with Crippen molar-refractivity contribution in [1.82, 2.24) is 0 Å². The summed E-state index contributed by atoms with van der Waals surface area (Å²) in [5, 5.41) is 2.81. The average Bonchev–Trinajstić information content (AvgIpc) is 4.03. The Hall–Kier alpha value is -6.76. The Labute approximate surface area is 334 Å². The fourth-order valence-electron chi connectivity index (χ4n) is 10.9. The highest BCUT2D eigenvalue weighted by Crippen LogP contribution is 2.62. The Bertz CT molecular complexity index is 2940. The van der Waals surface area contributed by atoms with Gasteiger partial charge in [0.1, 0.15) is 0 Å². The zero-order chi connectivity index (χ0) is 37.6. The molecule has 0 saturated heterocycles. The molecule has 0 aliphatic heterocycles. The molecule has 0 aromatic heterocycles. The van der Waals surface area contributed by atoms with Crippen molar-refractivity contribution in [2.75, 3.05) is 0 Å². The normalized spacial score (nSPS) is 15.4. The van der Waals surface area contributed by atoms with Crippen molar-refractivity contribution in [3.05, 3.63) is 262 Å². The molecule has 3 aliphatic rings. The highest BCUT2D eigenvalue weighted by Gasteiger charge is 2.50. The molecule has 12 rings (SSSR count). The third-order valence-electron chi connectivity index (χ3n) is 13.5. The molecule has 0 radical (unpaired) electrons. The van der Waals surface area contributed by atoms with Crippen molar-refractivity contribution in [1.29, 1.82) is 0 Å². The smallest absolute Gasteiger partial charge is 0.0622 e. The van der Waals surface area contributed by atoms with Gasteiger partial charge in [0, 0.05) is 11.3 Å². The highest BCUT2D eigenvalue weighted by molar-refractivity contribution is 6.04. The van der Waals surface area contributed by atoms with Gasteiger partial charge < -0.3 is 0 Å². The topological polar surface area (TPSA) is 0 Å². The maximum atomic E-state index is 2.53. The summed E-state index contributed by atoms with van der Waals surface area (Å²) in [6.07, 6.45) is 2.44. The number of fused-ring (bicyclic) bond motifs is 7. The molecule has 0 heteroatoms. The number of hydrogen-bond acceptors (Lipinski definition) is 0. The van der Waals surface area contributed by atoms with Gasteiger partial charge in [0.05, 0.1) is 5.41 Å². The first-order valence-electron chi connectivity index (χ1n) is 20.4. The molecule has 0 bridgehead atoms. The van der Waals surface area contributed by atoms with E-state index in [9.17, 15) is 0 Å². The monoisotopic (exact) mass is 724 g/mol. The Kier molecular flexibility index (Phi) is 7.05. The van der Waals surface area contributed by atoms with Crippen molar-refractivity contribution in [2.45, 2.75) is 29.6 Å². The molecule has 0 heterocycles. The van der Waals surface area contributed by atoms with Crippen LogP contribution in [0, 0.1) is 0 Å². The van der Waals surface area contributed by atoms with Crippen LogP contribution in [0.15, 0.2) is 212 Å². The summed E-state index contributed by atoms with van der Waals surface area (Å²) in [7, 11) is 0. The van der Waals surface area contributed by atoms with E-state index in [4.69, 9.17) is 0 Å². The van der Waals surface area contributed by atoms with E-state index < -0.39 is 5.41 Å². The second-order valence-corrected chi connectivity index (χ2v) is 16.4. The van der Waals surface area contributed by atoms with E-state index >= 15 is 0 Å². The second-order valence-electron chi connectivity index (χ2n) is 16.4. The minimum absolute atomic E-state index is 0.0637. The van der Waals surface area contributed by atoms with Gasteiger partial charge in [0.15, 0.2) is 0 Å². The summed E-state index contributed by atoms with van der Waals surface area (Å²) in [5.74, 6) is 0.0637. The lowest BCUT2D eigenvalue weighted by Crippen LogP contribution is -2.28. The quantitative estimate of drug-likeness (QED) is 0.150. The van der Waals surface area contributed by atoms with Crippen LogP contribution >= 0.6 is 0 Å². The third kappa shape index (κ3) is 4.68. The van der Waals surface area contributed by atoms with Crippen LogP contribution in [0.4, 0.5) is 0 Å². The maximum Gasteiger partial charge on any atom is 0.0713 e. The van der Waals surface area contributed by atoms with Gasteiger partial charge in [-0.3, -0.25) is 0 Å². The molecular formula is C57H40. The van der Waals surface area contributed by atoms with E-state index in [1.165, 1.54) is 107 Å². The van der Waals surface area contributed by atoms with E-state index in [2.05, 4.69) is 212 Å². The predicted molar refractivity (Wildman–Crippen MR) is 236 cm³/mol. The summed E-state index contributed by atoms with van der Waals surface area (Å²) in [6.45, 7) is 0. The van der Waals surface area contributed by atoms with Crippen LogP contribution in [0.5, 0.6) is 0 Å². The summed E-state index contributed by atoms with van der Waals surface area (Å²) in [5.41, 5.74) is 19.8. The van der Waals surface area contributed by atoms with E-state index in [1.54, 1.807) is 0 Å². The zero-order valence-corrected chi connectivity index (χ0v) is 31.7. The van der Waals surface area contributed by atoms with Gasteiger partial charge in [0.2, 0.25) is 0 Å². The van der Waals surface area contributed by atoms with Crippen molar-refractivity contribution in [3.8, 4) is 33.4 Å². The fourth-order valence-corrected chi connectivity index (χ4v) is 10.9. The highest BCUT2D eigenvalue weighted by atomic mass is 14.5. The molecule has 1 spiro atoms. The molecule has 0 amide bonds. The van der Waals surface area contributed by atoms with E-state index in [0.29, 0.717) is 0 Å². The molecule has 9 aromatic rings. The summed E-state index contributed by atoms with van der Waals surface area (Å²) < 4.78 is 0. The molecule has 1 atom stereocenters. The number of hydrogen-bond donors (Lipinski definition) is 0. The SMILES string of the molecule is c1ccc(C(c2ccc(-c3ccc4c(c3)C3(CC3)c3cccc5cccc-4c35)cc2)c2ccc3c(c2)C(c2ccccc2)(c2ccccc2)c2ccccc2-3)cc1. The first-order chi connectivity index (χ1) is 28.2. The van der Waals surface area contributed by atoms with Crippen molar-refractivity contribution >= 4 is 10.8 Å². The molecule has 57 heavy (non-hydrogen) atoms. The van der Waals surface area contributed by atoms with Gasteiger partial charge in [-0.15, -0.1) is 0 Å². The molecular weight excluding hydrogens is 685 g/mol. The van der Waals surface area contributed by atoms with Gasteiger partial charge in [-0.1, -0.05) is 206 Å². The van der Waals surface area contributed by atoms with Gasteiger partial charge in [-0.25, -0.2) is 0 Å². The standard InChI is InChI=1S/C57H40/c1-4-14-39(15-5-1)54(43-31-33-47-46-22-10-11-24-50(46)57(53(47)37-43,44-18-6-2-7-19-44)45-20-8-3-9-21-45)41-28-26-38(27-29-41)42-30-32-48-49-23-12-16-40-17-13-25-51(55(40)49)56(34-35-56)52(48)36-42/h1-33,36-37,54H,34-35H2. The summed E-state index contributed by atoms with van der Waals surface area (Å²) in [4.78, 5) is 0. The molecule has 268 valence electrons. The average molecular weight is 725 g/mol. The van der Waals surface area contributed by atoms with E-state index in [0.717, 1.165) is 0 Å². The van der Waals surface area contributed by atoms with Crippen molar-refractivity contribution < 1.29 is 0 Å². The number of rotatable bonds is 6. The molecule has 1 unspecified atom stereocenters. The van der Waals surface area contributed by atoms with E-state index in [-0.39, 0.29) is 11.3 Å². The maximum absolute atomic E-state index is 2.53. The molecule has 3 aliphatic carbocycles. The Balaban J connectivity index is 0.992. The first-order valence-corrected chi connectivity index (χ1v) is 20.4. The van der Waals surface area contributed by atoms with Gasteiger partial charge in [-0.2, -0.15) is 0 Å². The molecule has 0 N–H and O–H groups in total. The fraction of sp³-hybridized carbons (Fsp3) is 0.0877. The van der Waals surface area contributed by atoms with Crippen LogP contribution in [0.2, 0.25) is 0 Å². The van der Waals surface area contributed by atoms with Gasteiger partial charge in [-0.05, 0) is 113 Å². The minimum atomic E-state index is -0.438. The van der Waals surface area contributed by atoms with Crippen LogP contribution in [0.1, 0.15) is 68.8 Å². The lowest BCUT2D eigenvalue weighted by molar-refractivity contribution is 0.765. The van der Waals surface area contributed by atoms with Crippen LogP contribution in [-0.4, -0.2) is 0 Å². The zero-order valence-electron chi connectivity index (χ0n) is 31.7. The lowest BCUT2D eigenvalue weighted by atomic mass is 9.67. The van der Waals surface area contributed by atoms with Crippen molar-refractivity contribution in [2.24, 2.45) is 0 Å². The minimum Gasteiger partial charge on any atom is -0.0622 e. The molecule has 0 nitrogen and oxygen atoms in total. The van der Waals surface area contributed by atoms with Crippen LogP contribution < -0.4 is 0 Å². The van der Waals surface area contributed by atoms with Crippen molar-refractivity contribution in [3.63, 3.8) is 0 Å². The summed E-state index contributed by atoms with van der Waals surface area (Å²) >= 11 is 0. The Morgan fingerprint density at radius 3 is 1.58 bits per heavy atom. The van der Waals surface area contributed by atoms with Crippen LogP contribution in [-0.2, 0) is 10.8 Å². The molecule has 9 aromatic carbocycles.